The van der Waals surface area contributed by atoms with Gasteiger partial charge in [0.05, 0.1) is 12.6 Å². The van der Waals surface area contributed by atoms with E-state index >= 15 is 0 Å². The molecular formula is C21H25N3O2. The predicted molar refractivity (Wildman–Crippen MR) is 98.2 cm³/mol. The van der Waals surface area contributed by atoms with Gasteiger partial charge in [-0.3, -0.25) is 9.59 Å². The van der Waals surface area contributed by atoms with E-state index in [-0.39, 0.29) is 35.6 Å². The number of para-hydroxylation sites is 1. The van der Waals surface area contributed by atoms with Gasteiger partial charge in [-0.05, 0) is 62.0 Å². The molecule has 5 heteroatoms. The Balaban J connectivity index is 1.29. The molecule has 5 nitrogen and oxygen atoms in total. The summed E-state index contributed by atoms with van der Waals surface area (Å²) in [5.41, 5.74) is 2.45. The van der Waals surface area contributed by atoms with Crippen molar-refractivity contribution in [3.05, 3.63) is 29.8 Å². The Morgan fingerprint density at radius 1 is 1.19 bits per heavy atom. The number of aryl methyl sites for hydroxylation is 1. The molecule has 2 fully saturated rings. The number of nitrogens with zero attached hydrogens (tertiary/aromatic N) is 2. The zero-order valence-electron chi connectivity index (χ0n) is 15.0. The maximum Gasteiger partial charge on any atom is 0.246 e. The van der Waals surface area contributed by atoms with Gasteiger partial charge in [0.25, 0.3) is 0 Å². The molecule has 136 valence electrons. The van der Waals surface area contributed by atoms with E-state index in [0.29, 0.717) is 6.54 Å². The van der Waals surface area contributed by atoms with E-state index in [1.165, 1.54) is 5.56 Å². The van der Waals surface area contributed by atoms with Crippen molar-refractivity contribution >= 4 is 17.5 Å². The molecule has 1 aromatic carbocycles. The molecule has 1 heterocycles. The van der Waals surface area contributed by atoms with Gasteiger partial charge >= 0.3 is 0 Å². The van der Waals surface area contributed by atoms with Gasteiger partial charge in [0.2, 0.25) is 11.8 Å². The second-order valence-corrected chi connectivity index (χ2v) is 8.19. The SMILES string of the molecule is N#CC1CC2(C1)CC(C(=O)NCC(=O)N1CCCCc3ccccc31)C2. The standard InChI is InChI=1S/C21H25N3O2/c22-13-15-9-21(10-15)11-17(12-21)20(26)23-14-19(25)24-8-4-3-6-16-5-1-2-7-18(16)24/h1-2,5,7,15,17H,3-4,6,8-12,14H2,(H,23,26). The molecule has 26 heavy (non-hydrogen) atoms. The number of rotatable bonds is 3. The summed E-state index contributed by atoms with van der Waals surface area (Å²) >= 11 is 0. The molecule has 1 spiro atoms. The van der Waals surface area contributed by atoms with Crippen molar-refractivity contribution in [2.45, 2.75) is 44.9 Å². The van der Waals surface area contributed by atoms with Crippen LogP contribution in [0.3, 0.4) is 0 Å². The number of hydrogen-bond donors (Lipinski definition) is 1. The Kier molecular flexibility index (Phi) is 4.44. The zero-order chi connectivity index (χ0) is 18.1. The highest BCUT2D eigenvalue weighted by atomic mass is 16.2. The van der Waals surface area contributed by atoms with E-state index in [2.05, 4.69) is 17.5 Å². The second-order valence-electron chi connectivity index (χ2n) is 8.19. The molecule has 0 bridgehead atoms. The van der Waals surface area contributed by atoms with Crippen LogP contribution in [0.2, 0.25) is 0 Å². The quantitative estimate of drug-likeness (QED) is 0.910. The Bertz CT molecular complexity index is 753. The third-order valence-corrected chi connectivity index (χ3v) is 6.35. The summed E-state index contributed by atoms with van der Waals surface area (Å²) in [6.07, 6.45) is 6.70. The lowest BCUT2D eigenvalue weighted by atomic mass is 9.48. The summed E-state index contributed by atoms with van der Waals surface area (Å²) < 4.78 is 0. The Hall–Kier alpha value is -2.35. The first-order valence-corrected chi connectivity index (χ1v) is 9.66. The molecule has 1 aromatic rings. The lowest BCUT2D eigenvalue weighted by Crippen LogP contribution is -2.52. The number of hydrogen-bond acceptors (Lipinski definition) is 3. The van der Waals surface area contributed by atoms with Crippen LogP contribution in [0.1, 0.15) is 44.1 Å². The van der Waals surface area contributed by atoms with Crippen LogP contribution < -0.4 is 10.2 Å². The molecule has 0 saturated heterocycles. The van der Waals surface area contributed by atoms with Crippen LogP contribution in [0.4, 0.5) is 5.69 Å². The largest absolute Gasteiger partial charge is 0.347 e. The summed E-state index contributed by atoms with van der Waals surface area (Å²) in [5.74, 6) is 0.157. The molecule has 0 radical (unpaired) electrons. The van der Waals surface area contributed by atoms with Crippen molar-refractivity contribution in [2.24, 2.45) is 17.3 Å². The molecule has 1 N–H and O–H groups in total. The van der Waals surface area contributed by atoms with Gasteiger partial charge in [-0.15, -0.1) is 0 Å². The number of anilines is 1. The highest BCUT2D eigenvalue weighted by Gasteiger charge is 2.54. The molecule has 0 aromatic heterocycles. The summed E-state index contributed by atoms with van der Waals surface area (Å²) in [7, 11) is 0. The van der Waals surface area contributed by atoms with Crippen molar-refractivity contribution in [1.29, 1.82) is 5.26 Å². The van der Waals surface area contributed by atoms with Gasteiger partial charge in [-0.25, -0.2) is 0 Å². The fraction of sp³-hybridized carbons (Fsp3) is 0.571. The van der Waals surface area contributed by atoms with Gasteiger partial charge in [-0.2, -0.15) is 5.26 Å². The maximum atomic E-state index is 12.7. The topological polar surface area (TPSA) is 73.2 Å². The van der Waals surface area contributed by atoms with E-state index < -0.39 is 0 Å². The minimum Gasteiger partial charge on any atom is -0.347 e. The van der Waals surface area contributed by atoms with E-state index in [1.54, 1.807) is 0 Å². The highest BCUT2D eigenvalue weighted by molar-refractivity contribution is 5.97. The lowest BCUT2D eigenvalue weighted by Gasteiger charge is -2.55. The Morgan fingerprint density at radius 3 is 2.73 bits per heavy atom. The number of benzene rings is 1. The monoisotopic (exact) mass is 351 g/mol. The number of carbonyl (C=O) groups is 2. The third kappa shape index (κ3) is 3.09. The molecule has 2 saturated carbocycles. The molecule has 0 atom stereocenters. The van der Waals surface area contributed by atoms with E-state index in [9.17, 15) is 9.59 Å². The average molecular weight is 351 g/mol. The van der Waals surface area contributed by atoms with E-state index in [4.69, 9.17) is 5.26 Å². The van der Waals surface area contributed by atoms with Crippen LogP contribution in [0, 0.1) is 28.6 Å². The number of nitrogens with one attached hydrogen (secondary N) is 1. The second kappa shape index (κ2) is 6.75. The Labute approximate surface area is 154 Å². The molecule has 1 aliphatic heterocycles. The zero-order valence-corrected chi connectivity index (χ0v) is 15.0. The van der Waals surface area contributed by atoms with Crippen molar-refractivity contribution in [3.63, 3.8) is 0 Å². The molecular weight excluding hydrogens is 326 g/mol. The van der Waals surface area contributed by atoms with Gasteiger partial charge < -0.3 is 10.2 Å². The smallest absolute Gasteiger partial charge is 0.246 e. The first kappa shape index (κ1) is 17.1. The normalized spacial score (nSPS) is 29.6. The van der Waals surface area contributed by atoms with Crippen LogP contribution in [0.5, 0.6) is 0 Å². The minimum atomic E-state index is -0.0325. The number of carbonyl (C=O) groups excluding carboxylic acids is 2. The summed E-state index contributed by atoms with van der Waals surface area (Å²) in [6, 6.07) is 10.4. The summed E-state index contributed by atoms with van der Waals surface area (Å²) in [4.78, 5) is 26.9. The van der Waals surface area contributed by atoms with Gasteiger partial charge in [0, 0.05) is 24.1 Å². The number of nitriles is 1. The minimum absolute atomic E-state index is 0.00695. The van der Waals surface area contributed by atoms with Crippen LogP contribution in [0.25, 0.3) is 0 Å². The van der Waals surface area contributed by atoms with Crippen LogP contribution in [-0.2, 0) is 16.0 Å². The van der Waals surface area contributed by atoms with Crippen molar-refractivity contribution in [2.75, 3.05) is 18.0 Å². The van der Waals surface area contributed by atoms with Crippen molar-refractivity contribution < 1.29 is 9.59 Å². The van der Waals surface area contributed by atoms with Gasteiger partial charge in [0.1, 0.15) is 0 Å². The third-order valence-electron chi connectivity index (χ3n) is 6.35. The van der Waals surface area contributed by atoms with Crippen LogP contribution >= 0.6 is 0 Å². The van der Waals surface area contributed by atoms with Crippen molar-refractivity contribution in [1.82, 2.24) is 5.32 Å². The average Bonchev–Trinajstić information content (AvgIpc) is 2.80. The maximum absolute atomic E-state index is 12.7. The first-order chi connectivity index (χ1) is 12.6. The van der Waals surface area contributed by atoms with Gasteiger partial charge in [-0.1, -0.05) is 18.2 Å². The molecule has 2 aliphatic carbocycles. The molecule has 4 rings (SSSR count). The van der Waals surface area contributed by atoms with Gasteiger partial charge in [0.15, 0.2) is 0 Å². The molecule has 2 amide bonds. The lowest BCUT2D eigenvalue weighted by molar-refractivity contribution is -0.140. The van der Waals surface area contributed by atoms with Crippen molar-refractivity contribution in [3.8, 4) is 6.07 Å². The number of amides is 2. The molecule has 0 unspecified atom stereocenters. The van der Waals surface area contributed by atoms with Crippen LogP contribution in [-0.4, -0.2) is 24.9 Å². The molecule has 3 aliphatic rings. The van der Waals surface area contributed by atoms with E-state index in [0.717, 1.165) is 50.6 Å². The first-order valence-electron chi connectivity index (χ1n) is 9.66. The Morgan fingerprint density at radius 2 is 1.96 bits per heavy atom. The summed E-state index contributed by atoms with van der Waals surface area (Å²) in [6.45, 7) is 0.783. The fourth-order valence-corrected chi connectivity index (χ4v) is 4.93. The fourth-order valence-electron chi connectivity index (χ4n) is 4.93. The summed E-state index contributed by atoms with van der Waals surface area (Å²) in [5, 5.41) is 11.7. The van der Waals surface area contributed by atoms with Crippen LogP contribution in [0.15, 0.2) is 24.3 Å². The highest BCUT2D eigenvalue weighted by Crippen LogP contribution is 2.60. The van der Waals surface area contributed by atoms with E-state index in [1.807, 2.05) is 23.1 Å². The number of fused-ring (bicyclic) bond motifs is 1. The predicted octanol–water partition coefficient (Wildman–Crippen LogP) is 2.80.